The van der Waals surface area contributed by atoms with Gasteiger partial charge in [-0.1, -0.05) is 17.7 Å². The fourth-order valence-electron chi connectivity index (χ4n) is 1.32. The van der Waals surface area contributed by atoms with E-state index in [0.717, 1.165) is 11.3 Å². The van der Waals surface area contributed by atoms with Gasteiger partial charge in [-0.05, 0) is 25.1 Å². The monoisotopic (exact) mass is 243 g/mol. The van der Waals surface area contributed by atoms with Crippen LogP contribution in [0.3, 0.4) is 0 Å². The second kappa shape index (κ2) is 5.77. The van der Waals surface area contributed by atoms with E-state index < -0.39 is 0 Å². The Bertz CT molecular complexity index is 512. The third-order valence-electron chi connectivity index (χ3n) is 2.21. The molecule has 18 heavy (non-hydrogen) atoms. The lowest BCUT2D eigenvalue weighted by atomic mass is 10.2. The van der Waals surface area contributed by atoms with Gasteiger partial charge in [0.1, 0.15) is 0 Å². The van der Waals surface area contributed by atoms with E-state index in [0.29, 0.717) is 0 Å². The van der Waals surface area contributed by atoms with Crippen molar-refractivity contribution in [3.63, 3.8) is 0 Å². The first-order valence-corrected chi connectivity index (χ1v) is 5.50. The average molecular weight is 243 g/mol. The van der Waals surface area contributed by atoms with Crippen LogP contribution in [0.2, 0.25) is 0 Å². The van der Waals surface area contributed by atoms with E-state index in [-0.39, 0.29) is 18.5 Å². The number of aryl methyl sites for hydroxylation is 1. The van der Waals surface area contributed by atoms with Crippen LogP contribution in [0.15, 0.2) is 42.7 Å². The van der Waals surface area contributed by atoms with Gasteiger partial charge in [-0.2, -0.15) is 0 Å². The summed E-state index contributed by atoms with van der Waals surface area (Å²) >= 11 is 0. The van der Waals surface area contributed by atoms with Gasteiger partial charge in [0.15, 0.2) is 6.61 Å². The van der Waals surface area contributed by atoms with Crippen LogP contribution in [0, 0.1) is 6.92 Å². The molecule has 0 saturated carbocycles. The minimum atomic E-state index is -0.244. The zero-order valence-corrected chi connectivity index (χ0v) is 9.96. The zero-order valence-electron chi connectivity index (χ0n) is 9.96. The molecule has 0 bridgehead atoms. The normalized spacial score (nSPS) is 9.83. The molecule has 1 aromatic heterocycles. The summed E-state index contributed by atoms with van der Waals surface area (Å²) < 4.78 is 5.13. The van der Waals surface area contributed by atoms with Gasteiger partial charge in [0.2, 0.25) is 0 Å². The molecular formula is C13H13N3O2. The topological polar surface area (TPSA) is 64.1 Å². The van der Waals surface area contributed by atoms with Crippen LogP contribution in [0.1, 0.15) is 5.56 Å². The summed E-state index contributed by atoms with van der Waals surface area (Å²) in [5.74, 6) is -0.244. The summed E-state index contributed by atoms with van der Waals surface area (Å²) in [5, 5.41) is 2.72. The van der Waals surface area contributed by atoms with Crippen LogP contribution >= 0.6 is 0 Å². The highest BCUT2D eigenvalue weighted by Crippen LogP contribution is 2.08. The van der Waals surface area contributed by atoms with E-state index in [1.54, 1.807) is 18.5 Å². The van der Waals surface area contributed by atoms with Crippen molar-refractivity contribution in [1.82, 2.24) is 9.97 Å². The molecule has 0 aliphatic carbocycles. The molecule has 2 rings (SSSR count). The Hall–Kier alpha value is -2.43. The van der Waals surface area contributed by atoms with Crippen LogP contribution < -0.4 is 10.1 Å². The van der Waals surface area contributed by atoms with Crippen molar-refractivity contribution in [2.45, 2.75) is 6.92 Å². The fourth-order valence-corrected chi connectivity index (χ4v) is 1.32. The lowest BCUT2D eigenvalue weighted by Crippen LogP contribution is -2.20. The van der Waals surface area contributed by atoms with Crippen LogP contribution in [0.5, 0.6) is 6.01 Å². The number of nitrogens with zero attached hydrogens (tertiary/aromatic N) is 2. The Morgan fingerprint density at radius 1 is 1.22 bits per heavy atom. The maximum atomic E-state index is 11.6. The molecule has 0 atom stereocenters. The maximum absolute atomic E-state index is 11.6. The molecule has 2 aromatic rings. The third-order valence-corrected chi connectivity index (χ3v) is 2.21. The molecule has 0 saturated heterocycles. The molecule has 1 aromatic carbocycles. The van der Waals surface area contributed by atoms with Crippen molar-refractivity contribution in [3.05, 3.63) is 48.3 Å². The molecule has 1 N–H and O–H groups in total. The standard InChI is InChI=1S/C13H13N3O2/c1-10-3-5-11(6-4-10)16-12(17)9-18-13-14-7-2-8-15-13/h2-8H,9H2,1H3,(H,16,17). The number of aromatic nitrogens is 2. The average Bonchev–Trinajstić information content (AvgIpc) is 2.40. The Balaban J connectivity index is 1.84. The lowest BCUT2D eigenvalue weighted by Gasteiger charge is -2.06. The first-order chi connectivity index (χ1) is 8.74. The van der Waals surface area contributed by atoms with E-state index in [2.05, 4.69) is 15.3 Å². The molecule has 92 valence electrons. The SMILES string of the molecule is Cc1ccc(NC(=O)COc2ncccn2)cc1. The molecule has 1 amide bonds. The molecule has 0 spiro atoms. The van der Waals surface area contributed by atoms with Gasteiger partial charge < -0.3 is 10.1 Å². The van der Waals surface area contributed by atoms with Gasteiger partial charge >= 0.3 is 6.01 Å². The van der Waals surface area contributed by atoms with Crippen molar-refractivity contribution in [2.24, 2.45) is 0 Å². The molecule has 0 fully saturated rings. The number of rotatable bonds is 4. The Labute approximate surface area is 105 Å². The van der Waals surface area contributed by atoms with E-state index in [1.807, 2.05) is 31.2 Å². The first kappa shape index (κ1) is 12.0. The van der Waals surface area contributed by atoms with E-state index >= 15 is 0 Å². The van der Waals surface area contributed by atoms with Gasteiger partial charge in [-0.3, -0.25) is 4.79 Å². The molecule has 0 radical (unpaired) electrons. The number of carbonyl (C=O) groups excluding carboxylic acids is 1. The fraction of sp³-hybridized carbons (Fsp3) is 0.154. The van der Waals surface area contributed by atoms with Crippen molar-refractivity contribution >= 4 is 11.6 Å². The zero-order chi connectivity index (χ0) is 12.8. The number of benzene rings is 1. The van der Waals surface area contributed by atoms with E-state index in [1.165, 1.54) is 0 Å². The van der Waals surface area contributed by atoms with Gasteiger partial charge in [0, 0.05) is 18.1 Å². The highest BCUT2D eigenvalue weighted by molar-refractivity contribution is 5.91. The van der Waals surface area contributed by atoms with Gasteiger partial charge in [0.25, 0.3) is 5.91 Å². The molecule has 0 unspecified atom stereocenters. The second-order valence-electron chi connectivity index (χ2n) is 3.73. The predicted molar refractivity (Wildman–Crippen MR) is 67.3 cm³/mol. The summed E-state index contributed by atoms with van der Waals surface area (Å²) in [6, 6.07) is 9.40. The largest absolute Gasteiger partial charge is 0.453 e. The Morgan fingerprint density at radius 2 is 1.89 bits per heavy atom. The maximum Gasteiger partial charge on any atom is 0.316 e. The van der Waals surface area contributed by atoms with Gasteiger partial charge in [-0.15, -0.1) is 0 Å². The van der Waals surface area contributed by atoms with Crippen molar-refractivity contribution in [2.75, 3.05) is 11.9 Å². The predicted octanol–water partition coefficient (Wildman–Crippen LogP) is 1.80. The highest BCUT2D eigenvalue weighted by atomic mass is 16.5. The highest BCUT2D eigenvalue weighted by Gasteiger charge is 2.04. The first-order valence-electron chi connectivity index (χ1n) is 5.50. The molecule has 5 nitrogen and oxygen atoms in total. The van der Waals surface area contributed by atoms with Gasteiger partial charge in [0.05, 0.1) is 0 Å². The molecule has 5 heteroatoms. The summed E-state index contributed by atoms with van der Waals surface area (Å²) in [6.45, 7) is 1.87. The van der Waals surface area contributed by atoms with Crippen LogP contribution in [-0.4, -0.2) is 22.5 Å². The van der Waals surface area contributed by atoms with E-state index in [4.69, 9.17) is 4.74 Å². The number of carbonyl (C=O) groups is 1. The number of nitrogens with one attached hydrogen (secondary N) is 1. The van der Waals surface area contributed by atoms with Crippen LogP contribution in [-0.2, 0) is 4.79 Å². The quantitative estimate of drug-likeness (QED) is 0.889. The molecule has 1 heterocycles. The Morgan fingerprint density at radius 3 is 2.56 bits per heavy atom. The molecular weight excluding hydrogens is 230 g/mol. The number of anilines is 1. The van der Waals surface area contributed by atoms with E-state index in [9.17, 15) is 4.79 Å². The van der Waals surface area contributed by atoms with Crippen molar-refractivity contribution in [3.8, 4) is 6.01 Å². The molecule has 0 aliphatic heterocycles. The number of hydrogen-bond donors (Lipinski definition) is 1. The third kappa shape index (κ3) is 3.55. The minimum absolute atomic E-state index is 0.113. The number of amides is 1. The summed E-state index contributed by atoms with van der Waals surface area (Å²) in [4.78, 5) is 19.3. The van der Waals surface area contributed by atoms with Crippen molar-refractivity contribution in [1.29, 1.82) is 0 Å². The smallest absolute Gasteiger partial charge is 0.316 e. The minimum Gasteiger partial charge on any atom is -0.453 e. The number of ether oxygens (including phenoxy) is 1. The second-order valence-corrected chi connectivity index (χ2v) is 3.73. The van der Waals surface area contributed by atoms with Crippen LogP contribution in [0.4, 0.5) is 5.69 Å². The summed E-state index contributed by atoms with van der Waals surface area (Å²) in [5.41, 5.74) is 1.88. The Kier molecular flexibility index (Phi) is 3.86. The van der Waals surface area contributed by atoms with Crippen molar-refractivity contribution < 1.29 is 9.53 Å². The lowest BCUT2D eigenvalue weighted by molar-refractivity contribution is -0.118. The van der Waals surface area contributed by atoms with Crippen LogP contribution in [0.25, 0.3) is 0 Å². The summed E-state index contributed by atoms with van der Waals surface area (Å²) in [7, 11) is 0. The van der Waals surface area contributed by atoms with Gasteiger partial charge in [-0.25, -0.2) is 9.97 Å². The summed E-state index contributed by atoms with van der Waals surface area (Å²) in [6.07, 6.45) is 3.11. The number of hydrogen-bond acceptors (Lipinski definition) is 4. The molecule has 0 aliphatic rings.